The lowest BCUT2D eigenvalue weighted by molar-refractivity contribution is -0.119. The van der Waals surface area contributed by atoms with Crippen molar-refractivity contribution < 1.29 is 9.59 Å². The Bertz CT molecular complexity index is 1160. The highest BCUT2D eigenvalue weighted by Gasteiger charge is 2.14. The zero-order valence-corrected chi connectivity index (χ0v) is 29.2. The Kier molecular flexibility index (Phi) is 21.5. The fourth-order valence-corrected chi connectivity index (χ4v) is 4.57. The van der Waals surface area contributed by atoms with Gasteiger partial charge in [-0.05, 0) is 61.8 Å². The summed E-state index contributed by atoms with van der Waals surface area (Å²) in [6.45, 7) is 20.3. The molecule has 1 amide bonds. The number of carbonyl (C=O) groups is 2. The van der Waals surface area contributed by atoms with Crippen molar-refractivity contribution in [2.24, 2.45) is 13.0 Å². The second kappa shape index (κ2) is 23.3. The standard InChI is InChI=1S/C17H24N2.C16H23NO2.C3H8.C2H6/c1-4-6-14(7-5-2)15-8-10-16(11-9-15)17-12-18-19(3)13-17;1-5-6-7-12(3)16(19)17-15-10-14(13(4)18)9-8-11(15)2;1-3-2;1-2/h8-14H,4-7H2,1-3H3;8-10,12H,5-7H2,1-4H3,(H,17,19);3H2,1-2H3;1-2H3/t;12-;;/m.1../s1. The lowest BCUT2D eigenvalue weighted by Crippen LogP contribution is -2.21. The molecule has 0 aliphatic carbocycles. The zero-order chi connectivity index (χ0) is 32.8. The van der Waals surface area contributed by atoms with Gasteiger partial charge in [0.1, 0.15) is 0 Å². The second-order valence-electron chi connectivity index (χ2n) is 11.1. The van der Waals surface area contributed by atoms with Crippen molar-refractivity contribution in [3.05, 3.63) is 71.5 Å². The number of hydrogen-bond donors (Lipinski definition) is 1. The van der Waals surface area contributed by atoms with Crippen LogP contribution < -0.4 is 5.32 Å². The lowest BCUT2D eigenvalue weighted by atomic mass is 9.89. The molecule has 2 aromatic carbocycles. The molecule has 1 N–H and O–H groups in total. The monoisotopic (exact) mass is 591 g/mol. The number of amides is 1. The van der Waals surface area contributed by atoms with Gasteiger partial charge in [-0.3, -0.25) is 14.3 Å². The van der Waals surface area contributed by atoms with Crippen molar-refractivity contribution in [3.63, 3.8) is 0 Å². The van der Waals surface area contributed by atoms with E-state index < -0.39 is 0 Å². The maximum absolute atomic E-state index is 12.1. The number of aromatic nitrogens is 2. The van der Waals surface area contributed by atoms with Crippen LogP contribution in [-0.2, 0) is 11.8 Å². The fraction of sp³-hybridized carbons (Fsp3) is 0.553. The Morgan fingerprint density at radius 1 is 0.860 bits per heavy atom. The van der Waals surface area contributed by atoms with Gasteiger partial charge in [0.25, 0.3) is 0 Å². The van der Waals surface area contributed by atoms with Gasteiger partial charge in [-0.25, -0.2) is 0 Å². The number of carbonyl (C=O) groups excluding carboxylic acids is 2. The van der Waals surface area contributed by atoms with Gasteiger partial charge in [0.05, 0.1) is 6.20 Å². The Morgan fingerprint density at radius 3 is 1.91 bits per heavy atom. The molecule has 0 aliphatic rings. The average Bonchev–Trinajstić information content (AvgIpc) is 3.44. The fourth-order valence-electron chi connectivity index (χ4n) is 4.57. The lowest BCUT2D eigenvalue weighted by Gasteiger charge is -2.16. The quantitative estimate of drug-likeness (QED) is 0.213. The van der Waals surface area contributed by atoms with Crippen LogP contribution in [0.25, 0.3) is 11.1 Å². The van der Waals surface area contributed by atoms with Crippen LogP contribution in [0.3, 0.4) is 0 Å². The van der Waals surface area contributed by atoms with E-state index in [4.69, 9.17) is 0 Å². The van der Waals surface area contributed by atoms with Crippen molar-refractivity contribution in [1.29, 1.82) is 0 Å². The predicted octanol–water partition coefficient (Wildman–Crippen LogP) is 11.2. The zero-order valence-electron chi connectivity index (χ0n) is 29.2. The van der Waals surface area contributed by atoms with E-state index in [1.165, 1.54) is 55.7 Å². The number of benzene rings is 2. The van der Waals surface area contributed by atoms with Crippen LogP contribution in [0.5, 0.6) is 0 Å². The molecule has 0 spiro atoms. The molecule has 3 aromatic rings. The first-order valence-corrected chi connectivity index (χ1v) is 16.6. The summed E-state index contributed by atoms with van der Waals surface area (Å²) < 4.78 is 1.85. The molecule has 5 nitrogen and oxygen atoms in total. The number of nitrogens with zero attached hydrogens (tertiary/aromatic N) is 2. The van der Waals surface area contributed by atoms with Gasteiger partial charge in [0, 0.05) is 36.0 Å². The summed E-state index contributed by atoms with van der Waals surface area (Å²) >= 11 is 0. The summed E-state index contributed by atoms with van der Waals surface area (Å²) in [6, 6.07) is 14.4. The summed E-state index contributed by atoms with van der Waals surface area (Å²) in [5.74, 6) is 0.755. The van der Waals surface area contributed by atoms with Crippen molar-refractivity contribution in [3.8, 4) is 11.1 Å². The SMILES string of the molecule is CC.CCC.CCCC(CCC)c1ccc(-c2cnn(C)c2)cc1.CCCC[C@@H](C)C(=O)Nc1cc(C(C)=O)ccc1C. The van der Waals surface area contributed by atoms with Gasteiger partial charge in [0.15, 0.2) is 5.78 Å². The summed E-state index contributed by atoms with van der Waals surface area (Å²) in [4.78, 5) is 23.4. The van der Waals surface area contributed by atoms with E-state index in [0.717, 1.165) is 36.4 Å². The number of unbranched alkanes of at least 4 members (excludes halogenated alkanes) is 1. The number of anilines is 1. The first-order chi connectivity index (χ1) is 20.6. The van der Waals surface area contributed by atoms with Crippen LogP contribution in [0.1, 0.15) is 141 Å². The highest BCUT2D eigenvalue weighted by Crippen LogP contribution is 2.28. The molecule has 0 fully saturated rings. The third-order valence-electron chi connectivity index (χ3n) is 7.03. The molecule has 0 radical (unpaired) electrons. The average molecular weight is 592 g/mol. The molecule has 0 saturated carbocycles. The van der Waals surface area contributed by atoms with Gasteiger partial charge in [-0.1, -0.05) is 124 Å². The highest BCUT2D eigenvalue weighted by molar-refractivity contribution is 5.98. The van der Waals surface area contributed by atoms with E-state index in [9.17, 15) is 9.59 Å². The normalized spacial score (nSPS) is 10.8. The van der Waals surface area contributed by atoms with Gasteiger partial charge in [-0.15, -0.1) is 0 Å². The van der Waals surface area contributed by atoms with E-state index in [0.29, 0.717) is 5.56 Å². The third-order valence-corrected chi connectivity index (χ3v) is 7.03. The Balaban J connectivity index is 0.000000714. The van der Waals surface area contributed by atoms with Crippen LogP contribution in [0.4, 0.5) is 5.69 Å². The number of nitrogens with one attached hydrogen (secondary N) is 1. The molecule has 240 valence electrons. The molecule has 0 aliphatic heterocycles. The molecule has 43 heavy (non-hydrogen) atoms. The molecule has 5 heteroatoms. The molecule has 1 atom stereocenters. The van der Waals surface area contributed by atoms with Gasteiger partial charge in [-0.2, -0.15) is 5.10 Å². The number of Topliss-reactive ketones (excluding diaryl/α,β-unsaturated/α-hetero) is 1. The molecule has 0 unspecified atom stereocenters. The van der Waals surface area contributed by atoms with Crippen LogP contribution >= 0.6 is 0 Å². The predicted molar refractivity (Wildman–Crippen MR) is 187 cm³/mol. The van der Waals surface area contributed by atoms with Crippen molar-refractivity contribution in [1.82, 2.24) is 9.78 Å². The molecule has 1 heterocycles. The Hall–Kier alpha value is -3.21. The molecule has 1 aromatic heterocycles. The van der Waals surface area contributed by atoms with Crippen LogP contribution in [0, 0.1) is 12.8 Å². The Morgan fingerprint density at radius 2 is 1.44 bits per heavy atom. The molecular formula is C38H61N3O2. The maximum Gasteiger partial charge on any atom is 0.227 e. The van der Waals surface area contributed by atoms with Crippen molar-refractivity contribution in [2.45, 2.75) is 127 Å². The second-order valence-corrected chi connectivity index (χ2v) is 11.1. The molecule has 0 saturated heterocycles. The largest absolute Gasteiger partial charge is 0.326 e. The number of ketones is 1. The number of aryl methyl sites for hydroxylation is 2. The van der Waals surface area contributed by atoms with Crippen LogP contribution in [0.15, 0.2) is 54.9 Å². The number of rotatable bonds is 12. The van der Waals surface area contributed by atoms with E-state index in [1.807, 2.05) is 51.7 Å². The van der Waals surface area contributed by atoms with Crippen LogP contribution in [-0.4, -0.2) is 21.5 Å². The Labute approximate surface area is 263 Å². The summed E-state index contributed by atoms with van der Waals surface area (Å²) in [7, 11) is 1.95. The summed E-state index contributed by atoms with van der Waals surface area (Å²) in [5, 5.41) is 7.15. The molecular weight excluding hydrogens is 530 g/mol. The first-order valence-electron chi connectivity index (χ1n) is 16.6. The summed E-state index contributed by atoms with van der Waals surface area (Å²) in [6.07, 6.45) is 13.4. The van der Waals surface area contributed by atoms with Crippen molar-refractivity contribution >= 4 is 17.4 Å². The highest BCUT2D eigenvalue weighted by atomic mass is 16.2. The summed E-state index contributed by atoms with van der Waals surface area (Å²) in [5.41, 5.74) is 6.26. The van der Waals surface area contributed by atoms with Crippen molar-refractivity contribution in [2.75, 3.05) is 5.32 Å². The third kappa shape index (κ3) is 15.2. The minimum absolute atomic E-state index is 0.000309. The van der Waals surface area contributed by atoms with Gasteiger partial charge in [0.2, 0.25) is 5.91 Å². The topological polar surface area (TPSA) is 64.0 Å². The van der Waals surface area contributed by atoms with Gasteiger partial charge < -0.3 is 5.32 Å². The number of hydrogen-bond acceptors (Lipinski definition) is 3. The van der Waals surface area contributed by atoms with Crippen LogP contribution in [0.2, 0.25) is 0 Å². The van der Waals surface area contributed by atoms with E-state index in [-0.39, 0.29) is 17.6 Å². The minimum atomic E-state index is 0.000309. The van der Waals surface area contributed by atoms with Gasteiger partial charge >= 0.3 is 0 Å². The van der Waals surface area contributed by atoms with E-state index in [2.05, 4.69) is 75.5 Å². The molecule has 0 bridgehead atoms. The van der Waals surface area contributed by atoms with E-state index in [1.54, 1.807) is 12.1 Å². The first kappa shape index (κ1) is 39.8. The molecule has 3 rings (SSSR count). The minimum Gasteiger partial charge on any atom is -0.326 e. The van der Waals surface area contributed by atoms with E-state index >= 15 is 0 Å². The smallest absolute Gasteiger partial charge is 0.227 e. The maximum atomic E-state index is 12.1.